The zero-order valence-corrected chi connectivity index (χ0v) is 12.3. The van der Waals surface area contributed by atoms with Gasteiger partial charge in [0.25, 0.3) is 0 Å². The Bertz CT molecular complexity index is 901. The number of anilines is 1. The van der Waals surface area contributed by atoms with Gasteiger partial charge in [0.1, 0.15) is 11.3 Å². The minimum Gasteiger partial charge on any atom is -0.436 e. The summed E-state index contributed by atoms with van der Waals surface area (Å²) in [6.45, 7) is 0. The van der Waals surface area contributed by atoms with Gasteiger partial charge in [-0.1, -0.05) is 0 Å². The predicted molar refractivity (Wildman–Crippen MR) is 78.9 cm³/mol. The van der Waals surface area contributed by atoms with Gasteiger partial charge in [-0.2, -0.15) is 13.2 Å². The smallest absolute Gasteiger partial charge is 0.436 e. The molecular weight excluding hydrogens is 328 g/mol. The second-order valence-corrected chi connectivity index (χ2v) is 5.04. The first-order chi connectivity index (χ1) is 11.3. The standard InChI is InChI=1S/C16H10F4N2O2/c1-22(15(23)16(18,19)20)11-6-7-13-12(8-11)21-14(24-13)9-2-4-10(17)5-3-9/h2-8H,1H3. The van der Waals surface area contributed by atoms with Crippen LogP contribution in [-0.2, 0) is 4.79 Å². The molecule has 0 aliphatic heterocycles. The quantitative estimate of drug-likeness (QED) is 0.659. The number of rotatable bonds is 2. The fourth-order valence-corrected chi connectivity index (χ4v) is 2.15. The zero-order chi connectivity index (χ0) is 17.5. The maximum atomic E-state index is 12.9. The molecule has 1 aromatic heterocycles. The number of aromatic nitrogens is 1. The Morgan fingerprint density at radius 2 is 1.79 bits per heavy atom. The van der Waals surface area contributed by atoms with Crippen LogP contribution in [0.2, 0.25) is 0 Å². The van der Waals surface area contributed by atoms with Crippen molar-refractivity contribution in [2.24, 2.45) is 0 Å². The number of hydrogen-bond donors (Lipinski definition) is 0. The summed E-state index contributed by atoms with van der Waals surface area (Å²) in [5.74, 6) is -2.19. The van der Waals surface area contributed by atoms with Crippen molar-refractivity contribution in [3.05, 3.63) is 48.3 Å². The first-order valence-electron chi connectivity index (χ1n) is 6.77. The van der Waals surface area contributed by atoms with Gasteiger partial charge in [0.2, 0.25) is 5.89 Å². The van der Waals surface area contributed by atoms with E-state index in [-0.39, 0.29) is 17.1 Å². The molecule has 8 heteroatoms. The second-order valence-electron chi connectivity index (χ2n) is 5.04. The molecule has 3 rings (SSSR count). The van der Waals surface area contributed by atoms with Crippen molar-refractivity contribution in [3.63, 3.8) is 0 Å². The Balaban J connectivity index is 1.97. The summed E-state index contributed by atoms with van der Waals surface area (Å²) < 4.78 is 55.9. The Hall–Kier alpha value is -2.90. The highest BCUT2D eigenvalue weighted by atomic mass is 19.4. The maximum absolute atomic E-state index is 12.9. The minimum absolute atomic E-state index is 0.0313. The Morgan fingerprint density at radius 3 is 2.42 bits per heavy atom. The highest BCUT2D eigenvalue weighted by Gasteiger charge is 2.41. The molecule has 0 bridgehead atoms. The Kier molecular flexibility index (Phi) is 3.75. The average Bonchev–Trinajstić information content (AvgIpc) is 2.96. The van der Waals surface area contributed by atoms with Gasteiger partial charge < -0.3 is 9.32 Å². The van der Waals surface area contributed by atoms with Crippen molar-refractivity contribution in [1.29, 1.82) is 0 Å². The van der Waals surface area contributed by atoms with Gasteiger partial charge in [-0.3, -0.25) is 4.79 Å². The van der Waals surface area contributed by atoms with Crippen LogP contribution in [0.25, 0.3) is 22.6 Å². The van der Waals surface area contributed by atoms with Crippen LogP contribution in [-0.4, -0.2) is 24.1 Å². The van der Waals surface area contributed by atoms with Gasteiger partial charge in [0.05, 0.1) is 0 Å². The number of amides is 1. The van der Waals surface area contributed by atoms with E-state index < -0.39 is 17.9 Å². The van der Waals surface area contributed by atoms with Crippen molar-refractivity contribution in [2.75, 3.05) is 11.9 Å². The Morgan fingerprint density at radius 1 is 1.12 bits per heavy atom. The summed E-state index contributed by atoms with van der Waals surface area (Å²) >= 11 is 0. The molecule has 1 amide bonds. The van der Waals surface area contributed by atoms with Crippen molar-refractivity contribution in [2.45, 2.75) is 6.18 Å². The SMILES string of the molecule is CN(C(=O)C(F)(F)F)c1ccc2oc(-c3ccc(F)cc3)nc2c1. The summed E-state index contributed by atoms with van der Waals surface area (Å²) in [6.07, 6.45) is -4.97. The lowest BCUT2D eigenvalue weighted by Crippen LogP contribution is -2.38. The highest BCUT2D eigenvalue weighted by molar-refractivity contribution is 5.98. The molecule has 0 saturated carbocycles. The third-order valence-electron chi connectivity index (χ3n) is 3.40. The monoisotopic (exact) mass is 338 g/mol. The number of halogens is 4. The molecule has 1 heterocycles. The number of nitrogens with zero attached hydrogens (tertiary/aromatic N) is 2. The van der Waals surface area contributed by atoms with E-state index in [0.29, 0.717) is 16.0 Å². The van der Waals surface area contributed by atoms with E-state index in [0.717, 1.165) is 7.05 Å². The van der Waals surface area contributed by atoms with Gasteiger partial charge >= 0.3 is 12.1 Å². The lowest BCUT2D eigenvalue weighted by molar-refractivity contribution is -0.170. The van der Waals surface area contributed by atoms with Crippen molar-refractivity contribution < 1.29 is 26.8 Å². The van der Waals surface area contributed by atoms with Crippen LogP contribution in [0.3, 0.4) is 0 Å². The number of oxazole rings is 1. The van der Waals surface area contributed by atoms with E-state index in [1.807, 2.05) is 0 Å². The van der Waals surface area contributed by atoms with Gasteiger partial charge in [-0.25, -0.2) is 9.37 Å². The molecular formula is C16H10F4N2O2. The fraction of sp³-hybridized carbons (Fsp3) is 0.125. The molecule has 3 aromatic rings. The van der Waals surface area contributed by atoms with Gasteiger partial charge in [-0.05, 0) is 42.5 Å². The highest BCUT2D eigenvalue weighted by Crippen LogP contribution is 2.29. The molecule has 0 saturated heterocycles. The average molecular weight is 338 g/mol. The zero-order valence-electron chi connectivity index (χ0n) is 12.3. The maximum Gasteiger partial charge on any atom is 0.471 e. The van der Waals surface area contributed by atoms with Gasteiger partial charge in [0.15, 0.2) is 5.58 Å². The van der Waals surface area contributed by atoms with Crippen LogP contribution >= 0.6 is 0 Å². The molecule has 0 atom stereocenters. The first-order valence-corrected chi connectivity index (χ1v) is 6.77. The third kappa shape index (κ3) is 2.94. The largest absolute Gasteiger partial charge is 0.471 e. The lowest BCUT2D eigenvalue weighted by Gasteiger charge is -2.18. The number of alkyl halides is 3. The minimum atomic E-state index is -4.97. The van der Waals surface area contributed by atoms with Crippen LogP contribution in [0.1, 0.15) is 0 Å². The third-order valence-corrected chi connectivity index (χ3v) is 3.40. The molecule has 0 aliphatic rings. The molecule has 2 aromatic carbocycles. The number of hydrogen-bond acceptors (Lipinski definition) is 3. The van der Waals surface area contributed by atoms with E-state index in [2.05, 4.69) is 4.98 Å². The van der Waals surface area contributed by atoms with E-state index >= 15 is 0 Å². The normalized spacial score (nSPS) is 11.7. The summed E-state index contributed by atoms with van der Waals surface area (Å²) in [4.78, 5) is 15.9. The summed E-state index contributed by atoms with van der Waals surface area (Å²) in [5, 5.41) is 0. The van der Waals surface area contributed by atoms with E-state index in [9.17, 15) is 22.4 Å². The predicted octanol–water partition coefficient (Wildman–Crippen LogP) is 4.16. The number of carbonyl (C=O) groups excluding carboxylic acids is 1. The van der Waals surface area contributed by atoms with Crippen LogP contribution in [0.4, 0.5) is 23.2 Å². The molecule has 0 N–H and O–H groups in total. The molecule has 0 spiro atoms. The van der Waals surface area contributed by atoms with Crippen LogP contribution in [0, 0.1) is 5.82 Å². The van der Waals surface area contributed by atoms with Crippen molar-refractivity contribution in [1.82, 2.24) is 4.98 Å². The lowest BCUT2D eigenvalue weighted by atomic mass is 10.2. The topological polar surface area (TPSA) is 46.3 Å². The van der Waals surface area contributed by atoms with E-state index in [1.165, 1.54) is 42.5 Å². The summed E-state index contributed by atoms with van der Waals surface area (Å²) in [6, 6.07) is 9.49. The van der Waals surface area contributed by atoms with Crippen molar-refractivity contribution in [3.8, 4) is 11.5 Å². The second kappa shape index (κ2) is 5.63. The first kappa shape index (κ1) is 16.0. The molecule has 124 valence electrons. The molecule has 24 heavy (non-hydrogen) atoms. The molecule has 0 unspecified atom stereocenters. The molecule has 0 aliphatic carbocycles. The van der Waals surface area contributed by atoms with Crippen LogP contribution in [0.5, 0.6) is 0 Å². The van der Waals surface area contributed by atoms with Crippen LogP contribution in [0.15, 0.2) is 46.9 Å². The van der Waals surface area contributed by atoms with E-state index in [4.69, 9.17) is 4.42 Å². The van der Waals surface area contributed by atoms with Gasteiger partial charge in [0, 0.05) is 18.3 Å². The molecule has 4 nitrogen and oxygen atoms in total. The summed E-state index contributed by atoms with van der Waals surface area (Å²) in [7, 11) is 1.03. The van der Waals surface area contributed by atoms with E-state index in [1.54, 1.807) is 0 Å². The fourth-order valence-electron chi connectivity index (χ4n) is 2.15. The Labute approximate surface area is 133 Å². The molecule has 0 fully saturated rings. The molecule has 0 radical (unpaired) electrons. The number of benzene rings is 2. The van der Waals surface area contributed by atoms with Crippen LogP contribution < -0.4 is 4.90 Å². The van der Waals surface area contributed by atoms with Gasteiger partial charge in [-0.15, -0.1) is 0 Å². The summed E-state index contributed by atoms with van der Waals surface area (Å²) in [5.41, 5.74) is 1.18. The number of fused-ring (bicyclic) bond motifs is 1. The number of carbonyl (C=O) groups is 1. The van der Waals surface area contributed by atoms with Crippen molar-refractivity contribution >= 4 is 22.7 Å².